The third kappa shape index (κ3) is 3.52. The van der Waals surface area contributed by atoms with Crippen LogP contribution >= 0.6 is 0 Å². The number of ether oxygens (including phenoxy) is 1. The lowest BCUT2D eigenvalue weighted by atomic mass is 10.0. The maximum atomic E-state index is 5.53. The van der Waals surface area contributed by atoms with Crippen molar-refractivity contribution in [3.63, 3.8) is 0 Å². The van der Waals surface area contributed by atoms with E-state index in [1.54, 1.807) is 0 Å². The number of rotatable bonds is 4. The van der Waals surface area contributed by atoms with E-state index in [2.05, 4.69) is 49.5 Å². The molecule has 1 aromatic rings. The van der Waals surface area contributed by atoms with Crippen LogP contribution in [0.25, 0.3) is 0 Å². The number of nitrogens with one attached hydrogen (secondary N) is 1. The zero-order valence-electron chi connectivity index (χ0n) is 10.6. The van der Waals surface area contributed by atoms with Crippen molar-refractivity contribution in [1.29, 1.82) is 0 Å². The van der Waals surface area contributed by atoms with E-state index in [9.17, 15) is 0 Å². The first kappa shape index (κ1) is 12.0. The molecule has 1 aromatic carbocycles. The number of hydrogen-bond acceptors (Lipinski definition) is 2. The first-order valence-electron chi connectivity index (χ1n) is 6.40. The second-order valence-electron chi connectivity index (χ2n) is 4.87. The zero-order chi connectivity index (χ0) is 12.1. The van der Waals surface area contributed by atoms with Crippen molar-refractivity contribution in [3.8, 4) is 0 Å². The third-order valence-corrected chi connectivity index (χ3v) is 3.11. The highest BCUT2D eigenvalue weighted by molar-refractivity contribution is 5.46. The van der Waals surface area contributed by atoms with Gasteiger partial charge in [0.1, 0.15) is 6.10 Å². The third-order valence-electron chi connectivity index (χ3n) is 3.11. The van der Waals surface area contributed by atoms with Gasteiger partial charge in [0.2, 0.25) is 0 Å². The molecule has 1 heterocycles. The molecule has 0 saturated carbocycles. The van der Waals surface area contributed by atoms with E-state index in [0.717, 1.165) is 19.4 Å². The molecule has 0 spiro atoms. The van der Waals surface area contributed by atoms with Crippen molar-refractivity contribution in [1.82, 2.24) is 0 Å². The van der Waals surface area contributed by atoms with E-state index in [-0.39, 0.29) is 0 Å². The SMILES string of the molecule is CC(C)c1cccc(NCC2CCC=CO2)c1. The molecule has 1 atom stereocenters. The maximum absolute atomic E-state index is 5.53. The van der Waals surface area contributed by atoms with Crippen LogP contribution in [0.4, 0.5) is 5.69 Å². The van der Waals surface area contributed by atoms with Crippen LogP contribution in [0.2, 0.25) is 0 Å². The van der Waals surface area contributed by atoms with Crippen LogP contribution in [-0.4, -0.2) is 12.6 Å². The molecule has 2 nitrogen and oxygen atoms in total. The summed E-state index contributed by atoms with van der Waals surface area (Å²) >= 11 is 0. The second kappa shape index (κ2) is 5.76. The highest BCUT2D eigenvalue weighted by Crippen LogP contribution is 2.19. The second-order valence-corrected chi connectivity index (χ2v) is 4.87. The fraction of sp³-hybridized carbons (Fsp3) is 0.467. The summed E-state index contributed by atoms with van der Waals surface area (Å²) < 4.78 is 5.53. The zero-order valence-corrected chi connectivity index (χ0v) is 10.6. The predicted molar refractivity (Wildman–Crippen MR) is 72.3 cm³/mol. The molecule has 1 N–H and O–H groups in total. The van der Waals surface area contributed by atoms with Crippen LogP contribution < -0.4 is 5.32 Å². The Morgan fingerprint density at radius 1 is 1.41 bits per heavy atom. The molecule has 0 saturated heterocycles. The Morgan fingerprint density at radius 3 is 3.00 bits per heavy atom. The average Bonchev–Trinajstić information content (AvgIpc) is 2.38. The Balaban J connectivity index is 1.90. The number of anilines is 1. The standard InChI is InChI=1S/C15H21NO/c1-12(2)13-6-5-7-14(10-13)16-11-15-8-3-4-9-17-15/h4-7,9-10,12,15-16H,3,8,11H2,1-2H3. The minimum atomic E-state index is 0.308. The minimum Gasteiger partial charge on any atom is -0.497 e. The quantitative estimate of drug-likeness (QED) is 0.848. The number of hydrogen-bond donors (Lipinski definition) is 1. The van der Waals surface area contributed by atoms with E-state index >= 15 is 0 Å². The van der Waals surface area contributed by atoms with Crippen molar-refractivity contribution < 1.29 is 4.74 Å². The summed E-state index contributed by atoms with van der Waals surface area (Å²) in [4.78, 5) is 0. The highest BCUT2D eigenvalue weighted by Gasteiger charge is 2.10. The molecule has 92 valence electrons. The van der Waals surface area contributed by atoms with Gasteiger partial charge in [0.15, 0.2) is 0 Å². The van der Waals surface area contributed by atoms with Gasteiger partial charge < -0.3 is 10.1 Å². The summed E-state index contributed by atoms with van der Waals surface area (Å²) in [6.45, 7) is 5.31. The molecule has 0 radical (unpaired) electrons. The Bertz CT molecular complexity index is 384. The smallest absolute Gasteiger partial charge is 0.115 e. The lowest BCUT2D eigenvalue weighted by molar-refractivity contribution is 0.135. The molecule has 1 aliphatic heterocycles. The van der Waals surface area contributed by atoms with Gasteiger partial charge in [-0.05, 0) is 42.5 Å². The number of allylic oxidation sites excluding steroid dienone is 1. The summed E-state index contributed by atoms with van der Waals surface area (Å²) in [7, 11) is 0. The number of benzene rings is 1. The van der Waals surface area contributed by atoms with Gasteiger partial charge >= 0.3 is 0 Å². The van der Waals surface area contributed by atoms with Gasteiger partial charge in [-0.1, -0.05) is 26.0 Å². The molecule has 0 aliphatic carbocycles. The van der Waals surface area contributed by atoms with Gasteiger partial charge in [0.25, 0.3) is 0 Å². The van der Waals surface area contributed by atoms with Crippen molar-refractivity contribution in [2.45, 2.75) is 38.7 Å². The fourth-order valence-corrected chi connectivity index (χ4v) is 1.97. The summed E-state index contributed by atoms with van der Waals surface area (Å²) in [6, 6.07) is 8.63. The Hall–Kier alpha value is -1.44. The monoisotopic (exact) mass is 231 g/mol. The van der Waals surface area contributed by atoms with E-state index in [1.807, 2.05) is 6.26 Å². The Morgan fingerprint density at radius 2 is 2.29 bits per heavy atom. The van der Waals surface area contributed by atoms with E-state index in [4.69, 9.17) is 4.74 Å². The first-order valence-corrected chi connectivity index (χ1v) is 6.40. The Labute approximate surface area is 104 Å². The highest BCUT2D eigenvalue weighted by atomic mass is 16.5. The van der Waals surface area contributed by atoms with Gasteiger partial charge in [0.05, 0.1) is 12.8 Å². The molecule has 1 unspecified atom stereocenters. The molecule has 0 amide bonds. The van der Waals surface area contributed by atoms with Crippen molar-refractivity contribution in [3.05, 3.63) is 42.2 Å². The molecule has 0 aromatic heterocycles. The van der Waals surface area contributed by atoms with E-state index in [1.165, 1.54) is 11.3 Å². The lowest BCUT2D eigenvalue weighted by Crippen LogP contribution is -2.22. The molecule has 2 rings (SSSR count). The van der Waals surface area contributed by atoms with E-state index < -0.39 is 0 Å². The summed E-state index contributed by atoms with van der Waals surface area (Å²) in [5.41, 5.74) is 2.56. The fourth-order valence-electron chi connectivity index (χ4n) is 1.97. The minimum absolute atomic E-state index is 0.308. The van der Waals surface area contributed by atoms with Crippen LogP contribution in [0.15, 0.2) is 36.6 Å². The normalized spacial score (nSPS) is 19.1. The van der Waals surface area contributed by atoms with Gasteiger partial charge in [-0.25, -0.2) is 0 Å². The van der Waals surface area contributed by atoms with Crippen molar-refractivity contribution in [2.75, 3.05) is 11.9 Å². The van der Waals surface area contributed by atoms with Crippen molar-refractivity contribution >= 4 is 5.69 Å². The molecule has 0 bridgehead atoms. The topological polar surface area (TPSA) is 21.3 Å². The summed E-state index contributed by atoms with van der Waals surface area (Å²) in [6.07, 6.45) is 6.44. The van der Waals surface area contributed by atoms with E-state index in [0.29, 0.717) is 12.0 Å². The molecule has 0 fully saturated rings. The van der Waals surface area contributed by atoms with Crippen LogP contribution in [0, 0.1) is 0 Å². The lowest BCUT2D eigenvalue weighted by Gasteiger charge is -2.20. The molecular formula is C15H21NO. The Kier molecular flexibility index (Phi) is 4.08. The maximum Gasteiger partial charge on any atom is 0.115 e. The first-order chi connectivity index (χ1) is 8.25. The molecular weight excluding hydrogens is 210 g/mol. The summed E-state index contributed by atoms with van der Waals surface area (Å²) in [5.74, 6) is 0.575. The molecule has 17 heavy (non-hydrogen) atoms. The molecule has 2 heteroatoms. The van der Waals surface area contributed by atoms with Gasteiger partial charge in [-0.15, -0.1) is 0 Å². The van der Waals surface area contributed by atoms with Crippen LogP contribution in [-0.2, 0) is 4.74 Å². The molecule has 1 aliphatic rings. The largest absolute Gasteiger partial charge is 0.497 e. The van der Waals surface area contributed by atoms with Gasteiger partial charge in [-0.3, -0.25) is 0 Å². The van der Waals surface area contributed by atoms with Crippen LogP contribution in [0.5, 0.6) is 0 Å². The average molecular weight is 231 g/mol. The summed E-state index contributed by atoms with van der Waals surface area (Å²) in [5, 5.41) is 3.45. The van der Waals surface area contributed by atoms with Crippen LogP contribution in [0.1, 0.15) is 38.2 Å². The predicted octanol–water partition coefficient (Wildman–Crippen LogP) is 3.91. The van der Waals surface area contributed by atoms with Gasteiger partial charge in [0, 0.05) is 5.69 Å². The van der Waals surface area contributed by atoms with Gasteiger partial charge in [-0.2, -0.15) is 0 Å². The van der Waals surface area contributed by atoms with Crippen LogP contribution in [0.3, 0.4) is 0 Å². The van der Waals surface area contributed by atoms with Crippen molar-refractivity contribution in [2.24, 2.45) is 0 Å².